The van der Waals surface area contributed by atoms with E-state index in [2.05, 4.69) is 81.5 Å². The van der Waals surface area contributed by atoms with Crippen molar-refractivity contribution in [2.45, 2.75) is 201 Å². The molecular formula is C43H97N4O2PS2. The van der Waals surface area contributed by atoms with Crippen molar-refractivity contribution in [3.05, 3.63) is 0 Å². The normalized spacial score (nSPS) is 11.3. The van der Waals surface area contributed by atoms with Gasteiger partial charge in [0.15, 0.2) is 0 Å². The maximum atomic E-state index is 5.33. The fourth-order valence-corrected chi connectivity index (χ4v) is 6.78. The van der Waals surface area contributed by atoms with Crippen molar-refractivity contribution in [1.82, 2.24) is 20.3 Å². The Morgan fingerprint density at radius 2 is 0.692 bits per heavy atom. The molecule has 0 aromatic carbocycles. The first-order valence-electron chi connectivity index (χ1n) is 22.5. The topological polar surface area (TPSA) is 40.2 Å². The van der Waals surface area contributed by atoms with Gasteiger partial charge < -0.3 is 14.7 Å². The standard InChI is InChI=1S/C41H88N4O2.C2H6S.H3PS/c1-6-9-12-15-18-21-24-27-35-44(36-28-25-22-19-16-13-10-7-2)38-30-33-43(4)34-31-39-45(40-32-41-47-42-46-5)37-29-26-23-20-17-14-11-8-3;1-2-3;1-2/h42H,6-41H2,1-5H3;3H,2H2,1H3;2H,1H2. The van der Waals surface area contributed by atoms with Gasteiger partial charge in [-0.3, -0.25) is 9.68 Å². The molecule has 0 radical (unpaired) electrons. The van der Waals surface area contributed by atoms with Crippen LogP contribution in [0.4, 0.5) is 0 Å². The Morgan fingerprint density at radius 3 is 1.00 bits per heavy atom. The van der Waals surface area contributed by atoms with Crippen LogP contribution < -0.4 is 5.64 Å². The Balaban J connectivity index is -0.00000454. The summed E-state index contributed by atoms with van der Waals surface area (Å²) in [5.41, 5.74) is 2.51. The van der Waals surface area contributed by atoms with Gasteiger partial charge in [0.1, 0.15) is 0 Å². The quantitative estimate of drug-likeness (QED) is 0.0248. The smallest absolute Gasteiger partial charge is 0.0721 e. The number of nitrogens with zero attached hydrogens (tertiary/aromatic N) is 3. The molecule has 0 aliphatic carbocycles. The van der Waals surface area contributed by atoms with Crippen LogP contribution in [0.3, 0.4) is 0 Å². The number of unbranched alkanes of at least 4 members (excludes halogenated alkanes) is 21. The van der Waals surface area contributed by atoms with Crippen LogP contribution in [0.5, 0.6) is 0 Å². The Bertz CT molecular complexity index is 581. The Morgan fingerprint density at radius 1 is 0.423 bits per heavy atom. The monoisotopic (exact) mass is 797 g/mol. The second-order valence-electron chi connectivity index (χ2n) is 14.9. The van der Waals surface area contributed by atoms with Crippen LogP contribution in [0.2, 0.25) is 0 Å². The van der Waals surface area contributed by atoms with E-state index in [1.165, 1.54) is 213 Å². The molecule has 0 saturated carbocycles. The van der Waals surface area contributed by atoms with Crippen molar-refractivity contribution < 1.29 is 9.68 Å². The van der Waals surface area contributed by atoms with E-state index < -0.39 is 0 Å². The SMILES string of the molecule is CCCCCCCCCCN(CCCCCCCCCC)CCCN(C)CCCN(CCCCCCCCCC)CCCONOC.CCS.PS. The molecule has 1 N–H and O–H groups in total. The van der Waals surface area contributed by atoms with Crippen molar-refractivity contribution in [3.8, 4) is 0 Å². The number of rotatable bonds is 41. The zero-order valence-corrected chi connectivity index (χ0v) is 39.2. The van der Waals surface area contributed by atoms with Crippen LogP contribution in [-0.4, -0.2) is 93.6 Å². The van der Waals surface area contributed by atoms with Gasteiger partial charge in [0, 0.05) is 6.54 Å². The summed E-state index contributed by atoms with van der Waals surface area (Å²) in [6.45, 7) is 19.5. The van der Waals surface area contributed by atoms with Gasteiger partial charge in [-0.25, -0.2) is 0 Å². The second-order valence-corrected chi connectivity index (χ2v) is 15.6. The highest BCUT2D eigenvalue weighted by atomic mass is 32.7. The summed E-state index contributed by atoms with van der Waals surface area (Å²) >= 11 is 7.23. The molecule has 0 aliphatic heterocycles. The summed E-state index contributed by atoms with van der Waals surface area (Å²) in [6, 6.07) is 0. The maximum absolute atomic E-state index is 5.33. The number of thiol groups is 2. The minimum atomic E-state index is 0.691. The zero-order chi connectivity index (χ0) is 39.0. The number of hydrogen-bond acceptors (Lipinski definition) is 8. The third-order valence-electron chi connectivity index (χ3n) is 9.88. The minimum Gasteiger partial charge on any atom is -0.306 e. The van der Waals surface area contributed by atoms with E-state index in [0.29, 0.717) is 6.61 Å². The average Bonchev–Trinajstić information content (AvgIpc) is 3.15. The van der Waals surface area contributed by atoms with Gasteiger partial charge >= 0.3 is 0 Å². The number of nitrogens with one attached hydrogen (secondary N) is 1. The average molecular weight is 797 g/mol. The van der Waals surface area contributed by atoms with E-state index in [1.54, 1.807) is 7.11 Å². The fourth-order valence-electron chi connectivity index (χ4n) is 6.78. The van der Waals surface area contributed by atoms with Crippen molar-refractivity contribution >= 4 is 33.3 Å². The second kappa shape index (κ2) is 54.0. The molecule has 0 bridgehead atoms. The lowest BCUT2D eigenvalue weighted by atomic mass is 10.1. The molecule has 1 atom stereocenters. The van der Waals surface area contributed by atoms with E-state index >= 15 is 0 Å². The molecule has 9 heteroatoms. The molecule has 52 heavy (non-hydrogen) atoms. The van der Waals surface area contributed by atoms with Crippen molar-refractivity contribution in [2.24, 2.45) is 0 Å². The van der Waals surface area contributed by atoms with Crippen LogP contribution in [0, 0.1) is 0 Å². The molecule has 0 amide bonds. The van der Waals surface area contributed by atoms with Crippen molar-refractivity contribution in [3.63, 3.8) is 0 Å². The molecule has 318 valence electrons. The molecule has 6 nitrogen and oxygen atoms in total. The van der Waals surface area contributed by atoms with Crippen molar-refractivity contribution in [2.75, 3.05) is 78.9 Å². The highest BCUT2D eigenvalue weighted by Crippen LogP contribution is 2.13. The van der Waals surface area contributed by atoms with Gasteiger partial charge in [0.05, 0.1) is 13.7 Å². The fraction of sp³-hybridized carbons (Fsp3) is 1.00. The molecule has 0 saturated heterocycles. The Hall–Kier alpha value is 0.890. The Kier molecular flexibility index (Phi) is 59.4. The van der Waals surface area contributed by atoms with Crippen LogP contribution >= 0.6 is 33.3 Å². The summed E-state index contributed by atoms with van der Waals surface area (Å²) in [5.74, 6) is 0.944. The first-order chi connectivity index (χ1) is 25.6. The minimum absolute atomic E-state index is 0.691. The molecule has 0 rings (SSSR count). The first kappa shape index (κ1) is 57.2. The molecule has 0 aliphatic rings. The van der Waals surface area contributed by atoms with E-state index in [4.69, 9.17) is 9.68 Å². The van der Waals surface area contributed by atoms with Gasteiger partial charge in [0.2, 0.25) is 0 Å². The third kappa shape index (κ3) is 50.9. The third-order valence-corrected chi connectivity index (χ3v) is 9.88. The van der Waals surface area contributed by atoms with E-state index in [0.717, 1.165) is 18.7 Å². The van der Waals surface area contributed by atoms with Crippen LogP contribution in [-0.2, 0) is 9.68 Å². The van der Waals surface area contributed by atoms with Gasteiger partial charge in [0.25, 0.3) is 0 Å². The first-order valence-corrected chi connectivity index (χ1v) is 25.2. The lowest BCUT2D eigenvalue weighted by Crippen LogP contribution is -2.33. The summed E-state index contributed by atoms with van der Waals surface area (Å²) in [6.07, 6.45) is 37.4. The van der Waals surface area contributed by atoms with Gasteiger partial charge in [-0.2, -0.15) is 24.9 Å². The highest BCUT2D eigenvalue weighted by molar-refractivity contribution is 8.31. The summed E-state index contributed by atoms with van der Waals surface area (Å²) in [5, 5.41) is 0. The molecule has 0 aromatic rings. The van der Waals surface area contributed by atoms with E-state index in [9.17, 15) is 0 Å². The summed E-state index contributed by atoms with van der Waals surface area (Å²) in [7, 11) is 6.05. The molecule has 1 unspecified atom stereocenters. The Labute approximate surface area is 341 Å². The van der Waals surface area contributed by atoms with Crippen LogP contribution in [0.1, 0.15) is 201 Å². The zero-order valence-electron chi connectivity index (χ0n) is 36.3. The lowest BCUT2D eigenvalue weighted by Gasteiger charge is -2.26. The highest BCUT2D eigenvalue weighted by Gasteiger charge is 2.09. The largest absolute Gasteiger partial charge is 0.306 e. The molecule has 0 spiro atoms. The van der Waals surface area contributed by atoms with E-state index in [1.807, 2.05) is 6.92 Å². The molecule has 0 fully saturated rings. The van der Waals surface area contributed by atoms with Gasteiger partial charge in [-0.15, -0.1) is 0 Å². The lowest BCUT2D eigenvalue weighted by molar-refractivity contribution is -0.152. The number of hydrogen-bond donors (Lipinski definition) is 3. The molecule has 0 heterocycles. The predicted molar refractivity (Wildman–Crippen MR) is 246 cm³/mol. The van der Waals surface area contributed by atoms with Crippen molar-refractivity contribution in [1.29, 1.82) is 0 Å². The summed E-state index contributed by atoms with van der Waals surface area (Å²) < 4.78 is 0. The molecular weight excluding hydrogens is 700 g/mol. The predicted octanol–water partition coefficient (Wildman–Crippen LogP) is 12.8. The van der Waals surface area contributed by atoms with Gasteiger partial charge in [-0.1, -0.05) is 177 Å². The molecule has 0 aromatic heterocycles. The van der Waals surface area contributed by atoms with E-state index in [-0.39, 0.29) is 0 Å². The van der Waals surface area contributed by atoms with Crippen LogP contribution in [0.25, 0.3) is 0 Å². The summed E-state index contributed by atoms with van der Waals surface area (Å²) in [4.78, 5) is 18.2. The van der Waals surface area contributed by atoms with Gasteiger partial charge in [-0.05, 0) is 97.1 Å². The van der Waals surface area contributed by atoms with Crippen LogP contribution in [0.15, 0.2) is 0 Å². The maximum Gasteiger partial charge on any atom is 0.0721 e.